The van der Waals surface area contributed by atoms with Gasteiger partial charge in [-0.1, -0.05) is 23.7 Å². The summed E-state index contributed by atoms with van der Waals surface area (Å²) in [5.74, 6) is 0.363. The third-order valence-corrected chi connectivity index (χ3v) is 2.61. The zero-order valence-electron chi connectivity index (χ0n) is 11.7. The molecule has 0 aliphatic heterocycles. The number of esters is 1. The lowest BCUT2D eigenvalue weighted by Gasteiger charge is -2.17. The van der Waals surface area contributed by atoms with Crippen LogP contribution in [0.25, 0.3) is 0 Å². The molecule has 1 aromatic carbocycles. The Bertz CT molecular complexity index is 473. The number of ether oxygens (including phenoxy) is 2. The lowest BCUT2D eigenvalue weighted by atomic mass is 10.1. The minimum Gasteiger partial charge on any atom is -0.497 e. The van der Waals surface area contributed by atoms with Crippen LogP contribution in [0.2, 0.25) is 5.02 Å². The van der Waals surface area contributed by atoms with E-state index in [0.29, 0.717) is 17.2 Å². The van der Waals surface area contributed by atoms with E-state index in [1.165, 1.54) is 6.08 Å². The lowest BCUT2D eigenvalue weighted by Crippen LogP contribution is -2.22. The second kappa shape index (κ2) is 6.62. The average Bonchev–Trinajstić information content (AvgIpc) is 2.28. The van der Waals surface area contributed by atoms with Crippen LogP contribution in [0.15, 0.2) is 30.4 Å². The van der Waals surface area contributed by atoms with Crippen molar-refractivity contribution in [1.29, 1.82) is 0 Å². The maximum atomic E-state index is 11.5. The molecular formula is C15H19ClO3. The van der Waals surface area contributed by atoms with E-state index in [0.717, 1.165) is 5.56 Å². The summed E-state index contributed by atoms with van der Waals surface area (Å²) in [6.07, 6.45) is 3.73. The standard InChI is InChI=1S/C15H19ClO3/c1-15(2,3)19-14(17)7-5-6-11-8-9-12(18-4)10-13(11)16/h5,7-10H,6H2,1-4H3/b7-5+. The first-order valence-electron chi connectivity index (χ1n) is 6.04. The van der Waals surface area contributed by atoms with Crippen molar-refractivity contribution in [3.8, 4) is 5.75 Å². The largest absolute Gasteiger partial charge is 0.497 e. The number of hydrogen-bond donors (Lipinski definition) is 0. The van der Waals surface area contributed by atoms with Crippen LogP contribution in [-0.4, -0.2) is 18.7 Å². The smallest absolute Gasteiger partial charge is 0.330 e. The summed E-state index contributed by atoms with van der Waals surface area (Å²) in [7, 11) is 1.59. The molecule has 4 heteroatoms. The monoisotopic (exact) mass is 282 g/mol. The number of benzene rings is 1. The Morgan fingerprint density at radius 2 is 2.05 bits per heavy atom. The van der Waals surface area contributed by atoms with Gasteiger partial charge in [0.1, 0.15) is 11.4 Å². The minimum absolute atomic E-state index is 0.350. The molecule has 0 radical (unpaired) electrons. The quantitative estimate of drug-likeness (QED) is 0.623. The SMILES string of the molecule is COc1ccc(C/C=C/C(=O)OC(C)(C)C)c(Cl)c1. The molecule has 1 aromatic rings. The highest BCUT2D eigenvalue weighted by Crippen LogP contribution is 2.22. The topological polar surface area (TPSA) is 35.5 Å². The normalized spacial score (nSPS) is 11.6. The predicted molar refractivity (Wildman–Crippen MR) is 76.7 cm³/mol. The summed E-state index contributed by atoms with van der Waals surface area (Å²) in [6.45, 7) is 5.50. The van der Waals surface area contributed by atoms with Crippen LogP contribution in [0, 0.1) is 0 Å². The van der Waals surface area contributed by atoms with Gasteiger partial charge in [0.15, 0.2) is 0 Å². The second-order valence-electron chi connectivity index (χ2n) is 5.10. The molecule has 0 aliphatic carbocycles. The fourth-order valence-corrected chi connectivity index (χ4v) is 1.69. The highest BCUT2D eigenvalue weighted by atomic mass is 35.5. The molecule has 0 aromatic heterocycles. The van der Waals surface area contributed by atoms with Crippen molar-refractivity contribution in [3.05, 3.63) is 40.9 Å². The zero-order valence-corrected chi connectivity index (χ0v) is 12.5. The first-order valence-corrected chi connectivity index (χ1v) is 6.41. The molecule has 0 saturated carbocycles. The van der Waals surface area contributed by atoms with Crippen molar-refractivity contribution in [3.63, 3.8) is 0 Å². The van der Waals surface area contributed by atoms with Gasteiger partial charge in [-0.15, -0.1) is 0 Å². The van der Waals surface area contributed by atoms with E-state index in [2.05, 4.69) is 0 Å². The van der Waals surface area contributed by atoms with E-state index < -0.39 is 5.60 Å². The summed E-state index contributed by atoms with van der Waals surface area (Å²) < 4.78 is 10.2. The van der Waals surface area contributed by atoms with E-state index in [9.17, 15) is 4.79 Å². The maximum Gasteiger partial charge on any atom is 0.330 e. The highest BCUT2D eigenvalue weighted by molar-refractivity contribution is 6.31. The van der Waals surface area contributed by atoms with Gasteiger partial charge in [-0.05, 0) is 44.9 Å². The van der Waals surface area contributed by atoms with Crippen molar-refractivity contribution >= 4 is 17.6 Å². The van der Waals surface area contributed by atoms with Gasteiger partial charge in [0.25, 0.3) is 0 Å². The number of methoxy groups -OCH3 is 1. The number of rotatable bonds is 4. The summed E-state index contributed by atoms with van der Waals surface area (Å²) in [4.78, 5) is 11.5. The highest BCUT2D eigenvalue weighted by Gasteiger charge is 2.13. The first kappa shape index (κ1) is 15.6. The van der Waals surface area contributed by atoms with Gasteiger partial charge in [-0.2, -0.15) is 0 Å². The molecule has 104 valence electrons. The summed E-state index contributed by atoms with van der Waals surface area (Å²) >= 11 is 6.10. The van der Waals surface area contributed by atoms with Crippen LogP contribution in [-0.2, 0) is 16.0 Å². The molecule has 0 heterocycles. The molecular weight excluding hydrogens is 264 g/mol. The van der Waals surface area contributed by atoms with Gasteiger partial charge < -0.3 is 9.47 Å². The second-order valence-corrected chi connectivity index (χ2v) is 5.50. The molecule has 0 aliphatic rings. The Kier molecular flexibility index (Phi) is 5.43. The van der Waals surface area contributed by atoms with Gasteiger partial charge in [-0.25, -0.2) is 4.79 Å². The number of hydrogen-bond acceptors (Lipinski definition) is 3. The average molecular weight is 283 g/mol. The zero-order chi connectivity index (χ0) is 14.5. The molecule has 0 N–H and O–H groups in total. The van der Waals surface area contributed by atoms with Crippen molar-refractivity contribution in [1.82, 2.24) is 0 Å². The van der Waals surface area contributed by atoms with Crippen LogP contribution < -0.4 is 4.74 Å². The first-order chi connectivity index (χ1) is 8.81. The van der Waals surface area contributed by atoms with E-state index in [1.807, 2.05) is 32.9 Å². The van der Waals surface area contributed by atoms with Crippen LogP contribution >= 0.6 is 11.6 Å². The molecule has 0 atom stereocenters. The Hall–Kier alpha value is -1.48. The molecule has 0 unspecified atom stereocenters. The van der Waals surface area contributed by atoms with Gasteiger partial charge in [0.2, 0.25) is 0 Å². The van der Waals surface area contributed by atoms with Crippen molar-refractivity contribution < 1.29 is 14.3 Å². The number of allylic oxidation sites excluding steroid dienone is 1. The molecule has 0 amide bonds. The lowest BCUT2D eigenvalue weighted by molar-refractivity contribution is -0.148. The van der Waals surface area contributed by atoms with Crippen molar-refractivity contribution in [2.45, 2.75) is 32.8 Å². The molecule has 1 rings (SSSR count). The molecule has 0 fully saturated rings. The van der Waals surface area contributed by atoms with Crippen molar-refractivity contribution in [2.24, 2.45) is 0 Å². The van der Waals surface area contributed by atoms with Crippen LogP contribution in [0.5, 0.6) is 5.75 Å². The summed E-state index contributed by atoms with van der Waals surface area (Å²) in [6, 6.07) is 5.46. The minimum atomic E-state index is -0.473. The predicted octanol–water partition coefficient (Wildman–Crippen LogP) is 3.79. The molecule has 0 bridgehead atoms. The fraction of sp³-hybridized carbons (Fsp3) is 0.400. The summed E-state index contributed by atoms with van der Waals surface area (Å²) in [5, 5.41) is 0.619. The van der Waals surface area contributed by atoms with E-state index in [4.69, 9.17) is 21.1 Å². The van der Waals surface area contributed by atoms with Crippen LogP contribution in [0.1, 0.15) is 26.3 Å². The number of carbonyl (C=O) groups excluding carboxylic acids is 1. The molecule has 3 nitrogen and oxygen atoms in total. The van der Waals surface area contributed by atoms with E-state index in [-0.39, 0.29) is 5.97 Å². The molecule has 19 heavy (non-hydrogen) atoms. The fourth-order valence-electron chi connectivity index (χ4n) is 1.44. The van der Waals surface area contributed by atoms with Crippen LogP contribution in [0.4, 0.5) is 0 Å². The van der Waals surface area contributed by atoms with Gasteiger partial charge in [0, 0.05) is 11.1 Å². The van der Waals surface area contributed by atoms with Gasteiger partial charge in [-0.3, -0.25) is 0 Å². The Labute approximate surface area is 119 Å². The molecule has 0 saturated heterocycles. The van der Waals surface area contributed by atoms with Crippen LogP contribution in [0.3, 0.4) is 0 Å². The maximum absolute atomic E-state index is 11.5. The number of carbonyl (C=O) groups is 1. The van der Waals surface area contributed by atoms with E-state index in [1.54, 1.807) is 19.3 Å². The number of halogens is 1. The summed E-state index contributed by atoms with van der Waals surface area (Å²) in [5.41, 5.74) is 0.460. The van der Waals surface area contributed by atoms with E-state index >= 15 is 0 Å². The molecule has 0 spiro atoms. The van der Waals surface area contributed by atoms with Crippen molar-refractivity contribution in [2.75, 3.05) is 7.11 Å². The third kappa shape index (κ3) is 5.79. The van der Waals surface area contributed by atoms with Gasteiger partial charge >= 0.3 is 5.97 Å². The Morgan fingerprint density at radius 3 is 2.58 bits per heavy atom. The Balaban J connectivity index is 2.59. The van der Waals surface area contributed by atoms with Gasteiger partial charge in [0.05, 0.1) is 7.11 Å². The Morgan fingerprint density at radius 1 is 1.37 bits per heavy atom. The third-order valence-electron chi connectivity index (χ3n) is 2.26.